The van der Waals surface area contributed by atoms with Crippen LogP contribution in [0.4, 0.5) is 5.69 Å². The maximum Gasteiger partial charge on any atom is 0.475 e. The van der Waals surface area contributed by atoms with E-state index in [0.717, 1.165) is 0 Å². The normalized spacial score (nSPS) is 19.4. The van der Waals surface area contributed by atoms with Crippen molar-refractivity contribution in [2.75, 3.05) is 64.3 Å². The lowest BCUT2D eigenvalue weighted by molar-refractivity contribution is -0.146. The Hall–Kier alpha value is -4.30. The Balaban J connectivity index is 1.55. The van der Waals surface area contributed by atoms with Crippen molar-refractivity contribution in [3.05, 3.63) is 29.8 Å². The lowest BCUT2D eigenvalue weighted by Crippen LogP contribution is -2.52. The van der Waals surface area contributed by atoms with Gasteiger partial charge in [0, 0.05) is 51.4 Å². The molecule has 8 N–H and O–H groups in total. The quantitative estimate of drug-likeness (QED) is 0.0739. The lowest BCUT2D eigenvalue weighted by atomic mass is 9.78. The molecular formula is C28H42BN7O11. The summed E-state index contributed by atoms with van der Waals surface area (Å²) in [5.74, 6) is -5.79. The summed E-state index contributed by atoms with van der Waals surface area (Å²) in [5.41, 5.74) is 5.68. The van der Waals surface area contributed by atoms with Crippen LogP contribution in [0.15, 0.2) is 24.3 Å². The van der Waals surface area contributed by atoms with E-state index in [1.165, 1.54) is 41.0 Å². The summed E-state index contributed by atoms with van der Waals surface area (Å²) < 4.78 is 0. The van der Waals surface area contributed by atoms with Crippen molar-refractivity contribution in [1.82, 2.24) is 30.3 Å². The predicted molar refractivity (Wildman–Crippen MR) is 166 cm³/mol. The highest BCUT2D eigenvalue weighted by Crippen LogP contribution is 2.19. The van der Waals surface area contributed by atoms with E-state index in [1.807, 2.05) is 0 Å². The molecule has 0 bridgehead atoms. The molecule has 2 fully saturated rings. The van der Waals surface area contributed by atoms with Gasteiger partial charge in [-0.25, -0.2) is 0 Å². The first-order valence-corrected chi connectivity index (χ1v) is 15.2. The smallest absolute Gasteiger partial charge is 0.475 e. The molecule has 0 aliphatic carbocycles. The molecule has 47 heavy (non-hydrogen) atoms. The van der Waals surface area contributed by atoms with Gasteiger partial charge in [-0.2, -0.15) is 0 Å². The molecule has 3 atom stereocenters. The second-order valence-electron chi connectivity index (χ2n) is 11.5. The molecule has 2 saturated heterocycles. The van der Waals surface area contributed by atoms with Crippen LogP contribution < -0.4 is 16.2 Å². The molecule has 0 radical (unpaired) electrons. The van der Waals surface area contributed by atoms with Gasteiger partial charge >= 0.3 is 25.0 Å². The summed E-state index contributed by atoms with van der Waals surface area (Å²) in [4.78, 5) is 79.1. The molecule has 258 valence electrons. The maximum atomic E-state index is 12.8. The third-order valence-electron chi connectivity index (χ3n) is 8.10. The van der Waals surface area contributed by atoms with E-state index >= 15 is 0 Å². The number of likely N-dealkylation sites (tertiary alicyclic amines) is 1. The van der Waals surface area contributed by atoms with Crippen LogP contribution >= 0.6 is 0 Å². The number of hydrogen-bond acceptors (Lipinski definition) is 12. The van der Waals surface area contributed by atoms with Gasteiger partial charge in [-0.1, -0.05) is 0 Å². The summed E-state index contributed by atoms with van der Waals surface area (Å²) in [6.45, 7) is 2.50. The van der Waals surface area contributed by atoms with Crippen LogP contribution in [0.3, 0.4) is 0 Å². The number of carboxylic acid groups (broad SMARTS) is 3. The highest BCUT2D eigenvalue weighted by Gasteiger charge is 2.38. The summed E-state index contributed by atoms with van der Waals surface area (Å²) >= 11 is 0. The number of aliphatic carboxylic acids is 3. The average Bonchev–Trinajstić information content (AvgIpc) is 3.53. The zero-order valence-electron chi connectivity index (χ0n) is 26.1. The lowest BCUT2D eigenvalue weighted by Gasteiger charge is -2.30. The Morgan fingerprint density at radius 1 is 0.851 bits per heavy atom. The number of hydrogen-bond donors (Lipinski definition) is 8. The fourth-order valence-electron chi connectivity index (χ4n) is 5.58. The van der Waals surface area contributed by atoms with Gasteiger partial charge in [0.15, 0.2) is 0 Å². The summed E-state index contributed by atoms with van der Waals surface area (Å²) in [5, 5.41) is 50.1. The molecule has 2 aliphatic rings. The van der Waals surface area contributed by atoms with Gasteiger partial charge in [-0.15, -0.1) is 0 Å². The Bertz CT molecular complexity index is 1260. The van der Waals surface area contributed by atoms with Crippen molar-refractivity contribution in [2.24, 2.45) is 0 Å². The van der Waals surface area contributed by atoms with Gasteiger partial charge in [0.05, 0.1) is 31.1 Å². The van der Waals surface area contributed by atoms with Crippen molar-refractivity contribution in [1.29, 1.82) is 0 Å². The van der Waals surface area contributed by atoms with Gasteiger partial charge in [-0.05, 0) is 44.0 Å². The summed E-state index contributed by atoms with van der Waals surface area (Å²) in [6.07, 6.45) is 0.609. The second kappa shape index (κ2) is 17.6. The van der Waals surface area contributed by atoms with E-state index < -0.39 is 67.2 Å². The van der Waals surface area contributed by atoms with Crippen LogP contribution in [0, 0.1) is 0 Å². The fourth-order valence-corrected chi connectivity index (χ4v) is 5.58. The number of carbonyl (C=O) groups excluding carboxylic acids is 3. The molecular weight excluding hydrogens is 621 g/mol. The minimum Gasteiger partial charge on any atom is -0.480 e. The van der Waals surface area contributed by atoms with E-state index in [2.05, 4.69) is 16.2 Å². The van der Waals surface area contributed by atoms with Gasteiger partial charge in [-0.3, -0.25) is 54.3 Å². The highest BCUT2D eigenvalue weighted by atomic mass is 16.4. The average molecular weight is 663 g/mol. The summed E-state index contributed by atoms with van der Waals surface area (Å²) in [7, 11) is -1.67. The third kappa shape index (κ3) is 11.5. The van der Waals surface area contributed by atoms with Crippen molar-refractivity contribution >= 4 is 48.4 Å². The van der Waals surface area contributed by atoms with E-state index in [4.69, 9.17) is 0 Å². The van der Waals surface area contributed by atoms with Gasteiger partial charge in [0.25, 0.3) is 5.91 Å². The molecule has 3 rings (SSSR count). The zero-order chi connectivity index (χ0) is 34.7. The molecule has 1 aromatic carbocycles. The largest absolute Gasteiger partial charge is 0.480 e. The Morgan fingerprint density at radius 3 is 1.91 bits per heavy atom. The monoisotopic (exact) mass is 663 g/mol. The van der Waals surface area contributed by atoms with Gasteiger partial charge in [0.2, 0.25) is 11.8 Å². The van der Waals surface area contributed by atoms with E-state index in [1.54, 1.807) is 9.80 Å². The third-order valence-corrected chi connectivity index (χ3v) is 8.10. The van der Waals surface area contributed by atoms with Crippen molar-refractivity contribution in [2.45, 2.75) is 44.2 Å². The topological polar surface area (TPSA) is 253 Å². The molecule has 1 unspecified atom stereocenters. The number of carbonyl (C=O) groups is 6. The highest BCUT2D eigenvalue weighted by molar-refractivity contribution is 6.43. The molecule has 2 heterocycles. The fraction of sp³-hybridized carbons (Fsp3) is 0.571. The summed E-state index contributed by atoms with van der Waals surface area (Å²) in [6, 6.07) is 3.69. The molecule has 18 nitrogen and oxygen atoms in total. The van der Waals surface area contributed by atoms with Crippen LogP contribution in [0.5, 0.6) is 0 Å². The number of amides is 3. The minimum atomic E-state index is -1.67. The maximum absolute atomic E-state index is 12.8. The molecule has 0 spiro atoms. The molecule has 1 aromatic rings. The predicted octanol–water partition coefficient (Wildman–Crippen LogP) is -2.82. The van der Waals surface area contributed by atoms with Crippen molar-refractivity contribution < 1.29 is 54.1 Å². The van der Waals surface area contributed by atoms with Crippen LogP contribution in [0.1, 0.15) is 36.5 Å². The van der Waals surface area contributed by atoms with Gasteiger partial charge < -0.3 is 35.6 Å². The number of nitrogens with one attached hydrogen (secondary N) is 3. The molecule has 19 heteroatoms. The number of carboxylic acids is 3. The first kappa shape index (κ1) is 37.2. The SMILES string of the molecule is C[C@@H](NC(=O)c1ccc(NNC(=O)CC(C(=O)O)N2CCN(CC(=O)O)CCN(CC(=O)O)CC2)cc1)C(=O)N1CCC[C@H]1B(O)O. The Morgan fingerprint density at radius 2 is 1.40 bits per heavy atom. The van der Waals surface area contributed by atoms with Crippen LogP contribution in [-0.4, -0.2) is 165 Å². The van der Waals surface area contributed by atoms with E-state index in [0.29, 0.717) is 25.1 Å². The first-order valence-electron chi connectivity index (χ1n) is 15.2. The molecule has 0 saturated carbocycles. The number of anilines is 1. The van der Waals surface area contributed by atoms with Gasteiger partial charge in [0.1, 0.15) is 12.1 Å². The molecule has 2 aliphatic heterocycles. The van der Waals surface area contributed by atoms with Crippen molar-refractivity contribution in [3.63, 3.8) is 0 Å². The van der Waals surface area contributed by atoms with Crippen LogP contribution in [-0.2, 0) is 24.0 Å². The molecule has 0 aromatic heterocycles. The number of nitrogens with zero attached hydrogens (tertiary/aromatic N) is 4. The Labute approximate surface area is 271 Å². The standard InChI is InChI=1S/C28H42BN7O11/c1-18(27(43)36-8-2-3-22(36)29(46)47)30-26(42)19-4-6-20(7-5-19)31-32-23(37)15-21(28(44)45)35-13-11-33(16-24(38)39)9-10-34(12-14-35)17-25(40)41/h4-7,18,21-22,31,46-47H,2-3,8-17H2,1H3,(H,30,42)(H,32,37)(H,38,39)(H,40,41)(H,44,45)/t18-,21?,22+/m1/s1. The number of rotatable bonds is 14. The van der Waals surface area contributed by atoms with Crippen molar-refractivity contribution in [3.8, 4) is 0 Å². The van der Waals surface area contributed by atoms with Crippen LogP contribution in [0.25, 0.3) is 0 Å². The van der Waals surface area contributed by atoms with E-state index in [-0.39, 0.29) is 57.9 Å². The second-order valence-corrected chi connectivity index (χ2v) is 11.5. The number of hydrazine groups is 1. The first-order chi connectivity index (χ1) is 22.2. The Kier molecular flexibility index (Phi) is 13.9. The molecule has 3 amide bonds. The zero-order valence-corrected chi connectivity index (χ0v) is 26.1. The van der Waals surface area contributed by atoms with Crippen LogP contribution in [0.2, 0.25) is 0 Å². The number of benzene rings is 1. The van der Waals surface area contributed by atoms with E-state index in [9.17, 15) is 54.1 Å². The minimum absolute atomic E-state index is 0.140.